The molecule has 3 atom stereocenters. The van der Waals surface area contributed by atoms with Crippen molar-refractivity contribution < 1.29 is 22.7 Å². The van der Waals surface area contributed by atoms with Crippen LogP contribution in [0, 0.1) is 11.8 Å². The van der Waals surface area contributed by atoms with Gasteiger partial charge in [0, 0.05) is 19.6 Å². The highest BCUT2D eigenvalue weighted by Gasteiger charge is 2.32. The Bertz CT molecular complexity index is 1060. The third-order valence-electron chi connectivity index (χ3n) is 5.75. The average Bonchev–Trinajstić information content (AvgIpc) is 2.79. The number of hydrogen-bond donors (Lipinski definition) is 1. The van der Waals surface area contributed by atoms with E-state index in [9.17, 15) is 18.0 Å². The SMILES string of the molecule is CC1CC(C)CN(S(=O)(=O)c2cccc(C(=O)OC(C)C(=O)NCCc3ccccc3)c2)C1. The summed E-state index contributed by atoms with van der Waals surface area (Å²) in [7, 11) is -3.72. The fraction of sp³-hybridized carbons (Fsp3) is 0.440. The largest absolute Gasteiger partial charge is 0.449 e. The van der Waals surface area contributed by atoms with E-state index in [-0.39, 0.29) is 22.3 Å². The number of nitrogens with one attached hydrogen (secondary N) is 1. The maximum atomic E-state index is 13.1. The number of sulfonamides is 1. The van der Waals surface area contributed by atoms with E-state index >= 15 is 0 Å². The monoisotopic (exact) mass is 472 g/mol. The highest BCUT2D eigenvalue weighted by atomic mass is 32.2. The number of nitrogens with zero attached hydrogens (tertiary/aromatic N) is 1. The Hall–Kier alpha value is -2.71. The maximum Gasteiger partial charge on any atom is 0.338 e. The minimum absolute atomic E-state index is 0.0539. The molecule has 1 N–H and O–H groups in total. The molecule has 178 valence electrons. The molecule has 7 nitrogen and oxygen atoms in total. The van der Waals surface area contributed by atoms with Crippen molar-refractivity contribution in [1.82, 2.24) is 9.62 Å². The van der Waals surface area contributed by atoms with Gasteiger partial charge in [-0.1, -0.05) is 50.2 Å². The number of carbonyl (C=O) groups excluding carboxylic acids is 2. The number of benzene rings is 2. The lowest BCUT2D eigenvalue weighted by molar-refractivity contribution is -0.129. The standard InChI is InChI=1S/C25H32N2O5S/c1-18-14-19(2)17-27(16-18)33(30,31)23-11-7-10-22(15-23)25(29)32-20(3)24(28)26-13-12-21-8-5-4-6-9-21/h4-11,15,18-20H,12-14,16-17H2,1-3H3,(H,26,28). The first kappa shape index (κ1) is 24.9. The van der Waals surface area contributed by atoms with E-state index in [4.69, 9.17) is 4.74 Å². The molecular weight excluding hydrogens is 440 g/mol. The fourth-order valence-corrected chi connectivity index (χ4v) is 5.86. The first-order chi connectivity index (χ1) is 15.7. The number of amides is 1. The van der Waals surface area contributed by atoms with Gasteiger partial charge in [-0.25, -0.2) is 13.2 Å². The van der Waals surface area contributed by atoms with E-state index in [1.165, 1.54) is 35.5 Å². The Labute approximate surface area is 196 Å². The molecule has 0 saturated carbocycles. The van der Waals surface area contributed by atoms with Crippen LogP contribution in [-0.2, 0) is 26.0 Å². The molecule has 0 aliphatic carbocycles. The van der Waals surface area contributed by atoms with E-state index < -0.39 is 28.0 Å². The van der Waals surface area contributed by atoms with Gasteiger partial charge in [0.05, 0.1) is 10.5 Å². The third-order valence-corrected chi connectivity index (χ3v) is 7.58. The molecule has 3 rings (SSSR count). The normalized spacial score (nSPS) is 20.1. The van der Waals surface area contributed by atoms with Crippen LogP contribution in [0.15, 0.2) is 59.5 Å². The molecule has 33 heavy (non-hydrogen) atoms. The van der Waals surface area contributed by atoms with Gasteiger partial charge in [-0.2, -0.15) is 4.31 Å². The molecule has 0 aromatic heterocycles. The van der Waals surface area contributed by atoms with Crippen molar-refractivity contribution in [2.45, 2.75) is 44.6 Å². The van der Waals surface area contributed by atoms with Crippen molar-refractivity contribution in [1.29, 1.82) is 0 Å². The Morgan fingerprint density at radius 2 is 1.73 bits per heavy atom. The summed E-state index contributed by atoms with van der Waals surface area (Å²) in [4.78, 5) is 25.0. The minimum atomic E-state index is -3.72. The molecule has 0 radical (unpaired) electrons. The maximum absolute atomic E-state index is 13.1. The van der Waals surface area contributed by atoms with Gasteiger partial charge in [0.25, 0.3) is 5.91 Å². The first-order valence-corrected chi connectivity index (χ1v) is 12.7. The van der Waals surface area contributed by atoms with Gasteiger partial charge >= 0.3 is 5.97 Å². The molecule has 1 saturated heterocycles. The quantitative estimate of drug-likeness (QED) is 0.596. The van der Waals surface area contributed by atoms with Crippen LogP contribution in [0.5, 0.6) is 0 Å². The minimum Gasteiger partial charge on any atom is -0.449 e. The number of piperidine rings is 1. The van der Waals surface area contributed by atoms with Crippen LogP contribution in [0.1, 0.15) is 43.1 Å². The molecule has 2 aromatic rings. The predicted octanol–water partition coefficient (Wildman–Crippen LogP) is 3.26. The summed E-state index contributed by atoms with van der Waals surface area (Å²) in [5.41, 5.74) is 1.19. The van der Waals surface area contributed by atoms with Crippen LogP contribution < -0.4 is 5.32 Å². The summed E-state index contributed by atoms with van der Waals surface area (Å²) in [6.07, 6.45) is 0.655. The third kappa shape index (κ3) is 6.65. The smallest absolute Gasteiger partial charge is 0.338 e. The Morgan fingerprint density at radius 1 is 1.06 bits per heavy atom. The number of hydrogen-bond acceptors (Lipinski definition) is 5. The average molecular weight is 473 g/mol. The van der Waals surface area contributed by atoms with Gasteiger partial charge < -0.3 is 10.1 Å². The fourth-order valence-electron chi connectivity index (χ4n) is 4.14. The molecular formula is C25H32N2O5S. The van der Waals surface area contributed by atoms with Crippen molar-refractivity contribution in [3.05, 3.63) is 65.7 Å². The second-order valence-corrected chi connectivity index (χ2v) is 10.8. The molecule has 0 spiro atoms. The summed E-state index contributed by atoms with van der Waals surface area (Å²) in [6.45, 7) is 6.91. The highest BCUT2D eigenvalue weighted by Crippen LogP contribution is 2.27. The number of ether oxygens (including phenoxy) is 1. The zero-order valence-corrected chi connectivity index (χ0v) is 20.2. The van der Waals surface area contributed by atoms with Gasteiger partial charge in [-0.15, -0.1) is 0 Å². The van der Waals surface area contributed by atoms with Crippen LogP contribution >= 0.6 is 0 Å². The first-order valence-electron chi connectivity index (χ1n) is 11.3. The second-order valence-electron chi connectivity index (χ2n) is 8.87. The number of esters is 1. The molecule has 1 heterocycles. The van der Waals surface area contributed by atoms with Crippen molar-refractivity contribution in [3.63, 3.8) is 0 Å². The van der Waals surface area contributed by atoms with Gasteiger partial charge in [-0.3, -0.25) is 4.79 Å². The Kier molecular flexibility index (Phi) is 8.26. The summed E-state index contributed by atoms with van der Waals surface area (Å²) in [5, 5.41) is 2.76. The van der Waals surface area contributed by atoms with Crippen LogP contribution in [0.2, 0.25) is 0 Å². The topological polar surface area (TPSA) is 92.8 Å². The van der Waals surface area contributed by atoms with Gasteiger partial charge in [0.1, 0.15) is 0 Å². The molecule has 1 amide bonds. The Morgan fingerprint density at radius 3 is 2.39 bits per heavy atom. The van der Waals surface area contributed by atoms with E-state index in [0.29, 0.717) is 26.1 Å². The zero-order valence-electron chi connectivity index (χ0n) is 19.4. The predicted molar refractivity (Wildman–Crippen MR) is 126 cm³/mol. The van der Waals surface area contributed by atoms with Gasteiger partial charge in [-0.05, 0) is 55.4 Å². The van der Waals surface area contributed by atoms with Crippen molar-refractivity contribution in [3.8, 4) is 0 Å². The summed E-state index contributed by atoms with van der Waals surface area (Å²) < 4.78 is 33.0. The van der Waals surface area contributed by atoms with Crippen LogP contribution in [0.3, 0.4) is 0 Å². The van der Waals surface area contributed by atoms with Gasteiger partial charge in [0.2, 0.25) is 10.0 Å². The number of rotatable bonds is 8. The summed E-state index contributed by atoms with van der Waals surface area (Å²) in [6, 6.07) is 15.6. The lowest BCUT2D eigenvalue weighted by atomic mass is 9.94. The molecule has 8 heteroatoms. The zero-order chi connectivity index (χ0) is 24.0. The molecule has 1 aliphatic heterocycles. The summed E-state index contributed by atoms with van der Waals surface area (Å²) >= 11 is 0. The van der Waals surface area contributed by atoms with Gasteiger partial charge in [0.15, 0.2) is 6.10 Å². The lowest BCUT2D eigenvalue weighted by Gasteiger charge is -2.34. The van der Waals surface area contributed by atoms with Crippen molar-refractivity contribution in [2.24, 2.45) is 11.8 Å². The van der Waals surface area contributed by atoms with Crippen LogP contribution in [-0.4, -0.2) is 50.3 Å². The van der Waals surface area contributed by atoms with E-state index in [1.807, 2.05) is 44.2 Å². The number of carbonyl (C=O) groups is 2. The van der Waals surface area contributed by atoms with E-state index in [1.54, 1.807) is 0 Å². The van der Waals surface area contributed by atoms with Crippen molar-refractivity contribution in [2.75, 3.05) is 19.6 Å². The molecule has 1 fully saturated rings. The highest BCUT2D eigenvalue weighted by molar-refractivity contribution is 7.89. The van der Waals surface area contributed by atoms with E-state index in [0.717, 1.165) is 12.0 Å². The van der Waals surface area contributed by atoms with Crippen molar-refractivity contribution >= 4 is 21.9 Å². The molecule has 1 aliphatic rings. The summed E-state index contributed by atoms with van der Waals surface area (Å²) in [5.74, 6) is -0.589. The van der Waals surface area contributed by atoms with Crippen LogP contribution in [0.4, 0.5) is 0 Å². The molecule has 2 aromatic carbocycles. The molecule has 3 unspecified atom stereocenters. The molecule has 0 bridgehead atoms. The Balaban J connectivity index is 1.60. The van der Waals surface area contributed by atoms with Crippen LogP contribution in [0.25, 0.3) is 0 Å². The lowest BCUT2D eigenvalue weighted by Crippen LogP contribution is -2.42. The van der Waals surface area contributed by atoms with E-state index in [2.05, 4.69) is 5.32 Å². The second kappa shape index (κ2) is 10.9.